The smallest absolute Gasteiger partial charge is 0.275 e. The summed E-state index contributed by atoms with van der Waals surface area (Å²) in [7, 11) is 0. The molecule has 0 saturated heterocycles. The number of benzene rings is 2. The molecular weight excluding hydrogens is 304 g/mol. The van der Waals surface area contributed by atoms with Gasteiger partial charge in [-0.3, -0.25) is 9.48 Å². The van der Waals surface area contributed by atoms with Crippen LogP contribution in [0.4, 0.5) is 0 Å². The van der Waals surface area contributed by atoms with Gasteiger partial charge in [-0.1, -0.05) is 42.5 Å². The maximum atomic E-state index is 11.9. The van der Waals surface area contributed by atoms with Crippen LogP contribution >= 0.6 is 0 Å². The van der Waals surface area contributed by atoms with Gasteiger partial charge in [-0.2, -0.15) is 10.2 Å². The highest BCUT2D eigenvalue weighted by Crippen LogP contribution is 2.14. The first kappa shape index (κ1) is 15.5. The summed E-state index contributed by atoms with van der Waals surface area (Å²) in [6.07, 6.45) is 5.01. The van der Waals surface area contributed by atoms with Crippen molar-refractivity contribution in [3.8, 4) is 5.75 Å². The Labute approximate surface area is 139 Å². The van der Waals surface area contributed by atoms with E-state index in [1.165, 1.54) is 18.3 Å². The standard InChI is InChI=1S/C18H16N4O2/c23-17-9-5-4-8-16(17)18(24)21-19-10-15-11-20-22(13-15)12-14-6-2-1-3-7-14/h1-11,13,23H,12H2,(H,21,24)/b19-10-. The Morgan fingerprint density at radius 3 is 2.71 bits per heavy atom. The molecule has 0 radical (unpaired) electrons. The number of phenolic OH excluding ortho intramolecular Hbond substituents is 1. The molecule has 3 aromatic rings. The maximum absolute atomic E-state index is 11.9. The van der Waals surface area contributed by atoms with Crippen molar-refractivity contribution >= 4 is 12.1 Å². The lowest BCUT2D eigenvalue weighted by atomic mass is 10.2. The van der Waals surface area contributed by atoms with Crippen molar-refractivity contribution < 1.29 is 9.90 Å². The molecule has 6 nitrogen and oxygen atoms in total. The van der Waals surface area contributed by atoms with Gasteiger partial charge in [-0.25, -0.2) is 5.43 Å². The number of nitrogens with one attached hydrogen (secondary N) is 1. The van der Waals surface area contributed by atoms with E-state index in [1.54, 1.807) is 23.0 Å². The first-order valence-corrected chi connectivity index (χ1v) is 7.40. The van der Waals surface area contributed by atoms with Crippen LogP contribution in [0.5, 0.6) is 5.75 Å². The zero-order valence-corrected chi connectivity index (χ0v) is 12.8. The van der Waals surface area contributed by atoms with Crippen molar-refractivity contribution in [1.29, 1.82) is 0 Å². The summed E-state index contributed by atoms with van der Waals surface area (Å²) in [4.78, 5) is 11.9. The van der Waals surface area contributed by atoms with Crippen molar-refractivity contribution in [3.05, 3.63) is 83.7 Å². The number of aromatic hydroxyl groups is 1. The molecule has 6 heteroatoms. The van der Waals surface area contributed by atoms with Crippen LogP contribution in [0.1, 0.15) is 21.5 Å². The quantitative estimate of drug-likeness (QED) is 0.559. The number of hydrogen-bond donors (Lipinski definition) is 2. The molecule has 0 aliphatic rings. The Balaban J connectivity index is 1.59. The van der Waals surface area contributed by atoms with E-state index in [4.69, 9.17) is 0 Å². The Bertz CT molecular complexity index is 856. The van der Waals surface area contributed by atoms with E-state index < -0.39 is 5.91 Å². The van der Waals surface area contributed by atoms with Gasteiger partial charge in [0.15, 0.2) is 0 Å². The SMILES string of the molecule is O=C(N/N=C\c1cnn(Cc2ccccc2)c1)c1ccccc1O. The average Bonchev–Trinajstić information content (AvgIpc) is 3.03. The number of amides is 1. The van der Waals surface area contributed by atoms with E-state index in [-0.39, 0.29) is 11.3 Å². The lowest BCUT2D eigenvalue weighted by Crippen LogP contribution is -2.17. The van der Waals surface area contributed by atoms with Crippen molar-refractivity contribution in [1.82, 2.24) is 15.2 Å². The number of nitrogens with zero attached hydrogens (tertiary/aromatic N) is 3. The fourth-order valence-electron chi connectivity index (χ4n) is 2.19. The van der Waals surface area contributed by atoms with Crippen LogP contribution < -0.4 is 5.43 Å². The molecule has 1 heterocycles. The van der Waals surface area contributed by atoms with Gasteiger partial charge in [0.05, 0.1) is 24.5 Å². The summed E-state index contributed by atoms with van der Waals surface area (Å²) in [5.41, 5.74) is 4.47. The van der Waals surface area contributed by atoms with Crippen LogP contribution in [-0.2, 0) is 6.54 Å². The molecule has 1 amide bonds. The summed E-state index contributed by atoms with van der Waals surface area (Å²) in [5, 5.41) is 17.8. The summed E-state index contributed by atoms with van der Waals surface area (Å²) in [5.74, 6) is -0.554. The molecule has 0 atom stereocenters. The van der Waals surface area contributed by atoms with Crippen molar-refractivity contribution in [2.45, 2.75) is 6.54 Å². The Hall–Kier alpha value is -3.41. The molecule has 2 aromatic carbocycles. The lowest BCUT2D eigenvalue weighted by Gasteiger charge is -2.01. The minimum atomic E-state index is -0.471. The number of hydrazone groups is 1. The number of phenols is 1. The second-order valence-electron chi connectivity index (χ2n) is 5.17. The summed E-state index contributed by atoms with van der Waals surface area (Å²) < 4.78 is 1.79. The van der Waals surface area contributed by atoms with E-state index in [9.17, 15) is 9.90 Å². The molecule has 3 rings (SSSR count). The first-order chi connectivity index (χ1) is 11.7. The predicted molar refractivity (Wildman–Crippen MR) is 90.9 cm³/mol. The Kier molecular flexibility index (Phi) is 4.67. The molecule has 120 valence electrons. The highest BCUT2D eigenvalue weighted by atomic mass is 16.3. The predicted octanol–water partition coefficient (Wildman–Crippen LogP) is 2.40. The molecule has 1 aromatic heterocycles. The number of hydrogen-bond acceptors (Lipinski definition) is 4. The van der Waals surface area contributed by atoms with Crippen molar-refractivity contribution in [2.75, 3.05) is 0 Å². The van der Waals surface area contributed by atoms with Gasteiger partial charge in [0.2, 0.25) is 0 Å². The average molecular weight is 320 g/mol. The molecule has 0 bridgehead atoms. The molecule has 0 aliphatic heterocycles. The zero-order valence-electron chi connectivity index (χ0n) is 12.8. The van der Waals surface area contributed by atoms with Gasteiger partial charge in [-0.05, 0) is 17.7 Å². The normalized spacial score (nSPS) is 10.8. The zero-order chi connectivity index (χ0) is 16.8. The van der Waals surface area contributed by atoms with Crippen LogP contribution in [0.15, 0.2) is 72.1 Å². The molecule has 24 heavy (non-hydrogen) atoms. The van der Waals surface area contributed by atoms with Crippen molar-refractivity contribution in [2.24, 2.45) is 5.10 Å². The van der Waals surface area contributed by atoms with Crippen molar-refractivity contribution in [3.63, 3.8) is 0 Å². The third-order valence-electron chi connectivity index (χ3n) is 3.37. The largest absolute Gasteiger partial charge is 0.507 e. The highest BCUT2D eigenvalue weighted by Gasteiger charge is 2.08. The van der Waals surface area contributed by atoms with Crippen LogP contribution in [0.2, 0.25) is 0 Å². The summed E-state index contributed by atoms with van der Waals surface area (Å²) >= 11 is 0. The minimum absolute atomic E-state index is 0.0825. The van der Waals surface area contributed by atoms with Gasteiger partial charge in [0.1, 0.15) is 5.75 Å². The van der Waals surface area contributed by atoms with Gasteiger partial charge in [-0.15, -0.1) is 0 Å². The van der Waals surface area contributed by atoms with E-state index >= 15 is 0 Å². The van der Waals surface area contributed by atoms with Crippen LogP contribution in [0.3, 0.4) is 0 Å². The molecule has 0 spiro atoms. The van der Waals surface area contributed by atoms with Crippen LogP contribution in [-0.4, -0.2) is 27.0 Å². The summed E-state index contributed by atoms with van der Waals surface area (Å²) in [6.45, 7) is 0.666. The van der Waals surface area contributed by atoms with E-state index in [1.807, 2.05) is 36.5 Å². The monoisotopic (exact) mass is 320 g/mol. The molecule has 0 aliphatic carbocycles. The molecule has 0 unspecified atom stereocenters. The van der Waals surface area contributed by atoms with E-state index in [0.717, 1.165) is 11.1 Å². The molecular formula is C18H16N4O2. The van der Waals surface area contributed by atoms with Crippen LogP contribution in [0, 0.1) is 0 Å². The van der Waals surface area contributed by atoms with Gasteiger partial charge in [0, 0.05) is 11.8 Å². The first-order valence-electron chi connectivity index (χ1n) is 7.40. The molecule has 0 saturated carbocycles. The minimum Gasteiger partial charge on any atom is -0.507 e. The third-order valence-corrected chi connectivity index (χ3v) is 3.37. The summed E-state index contributed by atoms with van der Waals surface area (Å²) in [6, 6.07) is 16.3. The molecule has 2 N–H and O–H groups in total. The second-order valence-corrected chi connectivity index (χ2v) is 5.17. The fourth-order valence-corrected chi connectivity index (χ4v) is 2.19. The highest BCUT2D eigenvalue weighted by molar-refractivity contribution is 5.97. The maximum Gasteiger partial charge on any atom is 0.275 e. The van der Waals surface area contributed by atoms with E-state index in [2.05, 4.69) is 15.6 Å². The van der Waals surface area contributed by atoms with Gasteiger partial charge < -0.3 is 5.11 Å². The van der Waals surface area contributed by atoms with Gasteiger partial charge >= 0.3 is 0 Å². The number of para-hydroxylation sites is 1. The third kappa shape index (κ3) is 3.86. The van der Waals surface area contributed by atoms with Crippen LogP contribution in [0.25, 0.3) is 0 Å². The topological polar surface area (TPSA) is 79.5 Å². The number of carbonyl (C=O) groups excluding carboxylic acids is 1. The Morgan fingerprint density at radius 1 is 1.17 bits per heavy atom. The molecule has 0 fully saturated rings. The second kappa shape index (κ2) is 7.23. The lowest BCUT2D eigenvalue weighted by molar-refractivity contribution is 0.0952. The number of aromatic nitrogens is 2. The number of rotatable bonds is 5. The van der Waals surface area contributed by atoms with Gasteiger partial charge in [0.25, 0.3) is 5.91 Å². The number of carbonyl (C=O) groups is 1. The Morgan fingerprint density at radius 2 is 1.92 bits per heavy atom. The fraction of sp³-hybridized carbons (Fsp3) is 0.0556. The van der Waals surface area contributed by atoms with E-state index in [0.29, 0.717) is 6.54 Å².